The second-order valence-electron chi connectivity index (χ2n) is 8.35. The van der Waals surface area contributed by atoms with E-state index in [-0.39, 0.29) is 11.9 Å². The lowest BCUT2D eigenvalue weighted by Gasteiger charge is -2.26. The van der Waals surface area contributed by atoms with Crippen molar-refractivity contribution in [2.45, 2.75) is 45.7 Å². The van der Waals surface area contributed by atoms with Gasteiger partial charge in [-0.2, -0.15) is 0 Å². The topological polar surface area (TPSA) is 78.4 Å². The molecule has 1 aromatic carbocycles. The second kappa shape index (κ2) is 14.0. The third-order valence-corrected chi connectivity index (χ3v) is 5.52. The molecular formula is C24H41N5O3. The predicted octanol–water partition coefficient (Wildman–Crippen LogP) is 2.02. The smallest absolute Gasteiger partial charge is 0.239 e. The SMILES string of the molecule is CCNC(=NCc1ccc(C)cc1OCCOC)NCCCN1CCCC1C(=O)N(C)C. The fourth-order valence-corrected chi connectivity index (χ4v) is 3.83. The van der Waals surface area contributed by atoms with Crippen molar-refractivity contribution >= 4 is 11.9 Å². The number of aryl methyl sites for hydroxylation is 1. The Labute approximate surface area is 193 Å². The Morgan fingerprint density at radius 1 is 1.28 bits per heavy atom. The minimum atomic E-state index is 0.0324. The first-order valence-electron chi connectivity index (χ1n) is 11.6. The number of hydrogen-bond donors (Lipinski definition) is 2. The lowest BCUT2D eigenvalue weighted by Crippen LogP contribution is -2.44. The first-order chi connectivity index (χ1) is 15.5. The fourth-order valence-electron chi connectivity index (χ4n) is 3.83. The van der Waals surface area contributed by atoms with Crippen LogP contribution in [0.3, 0.4) is 0 Å². The monoisotopic (exact) mass is 447 g/mol. The van der Waals surface area contributed by atoms with Gasteiger partial charge in [-0.3, -0.25) is 9.69 Å². The number of guanidine groups is 1. The molecule has 180 valence electrons. The van der Waals surface area contributed by atoms with Crippen molar-refractivity contribution in [1.82, 2.24) is 20.4 Å². The molecule has 1 fully saturated rings. The van der Waals surface area contributed by atoms with Gasteiger partial charge in [0.15, 0.2) is 5.96 Å². The lowest BCUT2D eigenvalue weighted by molar-refractivity contribution is -0.133. The highest BCUT2D eigenvalue weighted by Gasteiger charge is 2.30. The molecule has 1 unspecified atom stereocenters. The van der Waals surface area contributed by atoms with Gasteiger partial charge in [0.05, 0.1) is 19.2 Å². The molecule has 1 saturated heterocycles. The summed E-state index contributed by atoms with van der Waals surface area (Å²) in [7, 11) is 5.34. The summed E-state index contributed by atoms with van der Waals surface area (Å²) in [6.45, 7) is 9.22. The molecule has 1 aromatic rings. The van der Waals surface area contributed by atoms with E-state index in [2.05, 4.69) is 41.5 Å². The van der Waals surface area contributed by atoms with E-state index in [4.69, 9.17) is 14.5 Å². The van der Waals surface area contributed by atoms with Crippen molar-refractivity contribution in [1.29, 1.82) is 0 Å². The molecule has 1 heterocycles. The first kappa shape index (κ1) is 25.9. The minimum Gasteiger partial charge on any atom is -0.491 e. The van der Waals surface area contributed by atoms with E-state index in [1.165, 1.54) is 0 Å². The van der Waals surface area contributed by atoms with Gasteiger partial charge in [0, 0.05) is 46.4 Å². The minimum absolute atomic E-state index is 0.0324. The fraction of sp³-hybridized carbons (Fsp3) is 0.667. The average molecular weight is 448 g/mol. The molecule has 1 amide bonds. The number of amides is 1. The number of likely N-dealkylation sites (N-methyl/N-ethyl adjacent to an activating group) is 1. The van der Waals surface area contributed by atoms with Crippen molar-refractivity contribution in [3.05, 3.63) is 29.3 Å². The first-order valence-corrected chi connectivity index (χ1v) is 11.6. The zero-order valence-corrected chi connectivity index (χ0v) is 20.4. The Morgan fingerprint density at radius 3 is 2.81 bits per heavy atom. The predicted molar refractivity (Wildman–Crippen MR) is 129 cm³/mol. The highest BCUT2D eigenvalue weighted by atomic mass is 16.5. The molecule has 2 rings (SSSR count). The van der Waals surface area contributed by atoms with Crippen LogP contribution in [0.2, 0.25) is 0 Å². The Hall–Kier alpha value is -2.32. The van der Waals surface area contributed by atoms with E-state index in [9.17, 15) is 4.79 Å². The van der Waals surface area contributed by atoms with Gasteiger partial charge < -0.3 is 25.0 Å². The molecule has 32 heavy (non-hydrogen) atoms. The standard InChI is InChI=1S/C24H41N5O3/c1-6-25-24(26-12-8-14-29-13-7-9-21(29)23(30)28(3)4)27-18-20-11-10-19(2)17-22(20)32-16-15-31-5/h10-11,17,21H,6-9,12-16,18H2,1-5H3,(H2,25,26,27). The normalized spacial score (nSPS) is 16.8. The molecule has 0 aliphatic carbocycles. The number of rotatable bonds is 12. The van der Waals surface area contributed by atoms with Gasteiger partial charge in [-0.25, -0.2) is 4.99 Å². The van der Waals surface area contributed by atoms with Crippen molar-refractivity contribution < 1.29 is 14.3 Å². The number of likely N-dealkylation sites (tertiary alicyclic amines) is 1. The van der Waals surface area contributed by atoms with Gasteiger partial charge in [-0.1, -0.05) is 12.1 Å². The molecule has 1 aliphatic rings. The highest BCUT2D eigenvalue weighted by Crippen LogP contribution is 2.21. The van der Waals surface area contributed by atoms with Gasteiger partial charge in [-0.05, 0) is 51.3 Å². The summed E-state index contributed by atoms with van der Waals surface area (Å²) < 4.78 is 11.0. The second-order valence-corrected chi connectivity index (χ2v) is 8.35. The Balaban J connectivity index is 1.87. The van der Waals surface area contributed by atoms with Crippen LogP contribution in [0.15, 0.2) is 23.2 Å². The van der Waals surface area contributed by atoms with Crippen LogP contribution in [-0.2, 0) is 16.1 Å². The third kappa shape index (κ3) is 8.31. The lowest BCUT2D eigenvalue weighted by atomic mass is 10.1. The maximum atomic E-state index is 12.4. The number of nitrogens with zero attached hydrogens (tertiary/aromatic N) is 3. The number of benzene rings is 1. The van der Waals surface area contributed by atoms with Gasteiger partial charge in [-0.15, -0.1) is 0 Å². The zero-order chi connectivity index (χ0) is 23.3. The Morgan fingerprint density at radius 2 is 2.09 bits per heavy atom. The largest absolute Gasteiger partial charge is 0.491 e. The number of carbonyl (C=O) groups excluding carboxylic acids is 1. The summed E-state index contributed by atoms with van der Waals surface area (Å²) in [6, 6.07) is 6.22. The van der Waals surface area contributed by atoms with Crippen LogP contribution in [0, 0.1) is 6.92 Å². The number of ether oxygens (including phenoxy) is 2. The Bertz CT molecular complexity index is 738. The summed E-state index contributed by atoms with van der Waals surface area (Å²) in [6.07, 6.45) is 3.00. The maximum absolute atomic E-state index is 12.4. The van der Waals surface area contributed by atoms with Crippen LogP contribution in [-0.4, -0.2) is 88.3 Å². The third-order valence-electron chi connectivity index (χ3n) is 5.52. The Kier molecular flexibility index (Phi) is 11.3. The van der Waals surface area contributed by atoms with Crippen LogP contribution < -0.4 is 15.4 Å². The van der Waals surface area contributed by atoms with Gasteiger partial charge in [0.1, 0.15) is 12.4 Å². The van der Waals surface area contributed by atoms with E-state index in [1.807, 2.05) is 20.2 Å². The van der Waals surface area contributed by atoms with Crippen LogP contribution >= 0.6 is 0 Å². The molecule has 0 radical (unpaired) electrons. The average Bonchev–Trinajstić information content (AvgIpc) is 3.23. The van der Waals surface area contributed by atoms with Crippen LogP contribution in [0.25, 0.3) is 0 Å². The molecule has 0 bridgehead atoms. The van der Waals surface area contributed by atoms with E-state index in [0.29, 0.717) is 19.8 Å². The van der Waals surface area contributed by atoms with Crippen molar-refractivity contribution in [3.63, 3.8) is 0 Å². The molecule has 0 saturated carbocycles. The molecule has 2 N–H and O–H groups in total. The van der Waals surface area contributed by atoms with Crippen LogP contribution in [0.4, 0.5) is 0 Å². The molecule has 8 heteroatoms. The van der Waals surface area contributed by atoms with Crippen LogP contribution in [0.5, 0.6) is 5.75 Å². The van der Waals surface area contributed by atoms with E-state index < -0.39 is 0 Å². The van der Waals surface area contributed by atoms with Crippen molar-refractivity contribution in [2.24, 2.45) is 4.99 Å². The molecule has 1 aliphatic heterocycles. The molecule has 1 atom stereocenters. The number of aliphatic imine (C=N–C) groups is 1. The quantitative estimate of drug-likeness (QED) is 0.290. The van der Waals surface area contributed by atoms with Crippen molar-refractivity contribution in [3.8, 4) is 5.75 Å². The van der Waals surface area contributed by atoms with Gasteiger partial charge >= 0.3 is 0 Å². The summed E-state index contributed by atoms with van der Waals surface area (Å²) in [4.78, 5) is 21.1. The molecule has 8 nitrogen and oxygen atoms in total. The van der Waals surface area contributed by atoms with Crippen LogP contribution in [0.1, 0.15) is 37.3 Å². The number of hydrogen-bond acceptors (Lipinski definition) is 5. The van der Waals surface area contributed by atoms with E-state index >= 15 is 0 Å². The zero-order valence-electron chi connectivity index (χ0n) is 20.4. The highest BCUT2D eigenvalue weighted by molar-refractivity contribution is 5.81. The number of nitrogens with one attached hydrogen (secondary N) is 2. The van der Waals surface area contributed by atoms with Crippen molar-refractivity contribution in [2.75, 3.05) is 60.6 Å². The maximum Gasteiger partial charge on any atom is 0.239 e. The summed E-state index contributed by atoms with van der Waals surface area (Å²) in [5, 5.41) is 6.73. The van der Waals surface area contributed by atoms with Gasteiger partial charge in [0.2, 0.25) is 5.91 Å². The summed E-state index contributed by atoms with van der Waals surface area (Å²) in [5.41, 5.74) is 2.20. The number of methoxy groups -OCH3 is 1. The summed E-state index contributed by atoms with van der Waals surface area (Å²) >= 11 is 0. The van der Waals surface area contributed by atoms with E-state index in [0.717, 1.165) is 68.3 Å². The molecule has 0 aromatic heterocycles. The molecular weight excluding hydrogens is 406 g/mol. The number of carbonyl (C=O) groups is 1. The summed E-state index contributed by atoms with van der Waals surface area (Å²) in [5.74, 6) is 1.86. The molecule has 0 spiro atoms. The van der Waals surface area contributed by atoms with E-state index in [1.54, 1.807) is 12.0 Å². The van der Waals surface area contributed by atoms with Gasteiger partial charge in [0.25, 0.3) is 0 Å².